The van der Waals surface area contributed by atoms with Gasteiger partial charge >= 0.3 is 0 Å². The standard InChI is InChI=1S/C18H14F2N2O/c19-14-7-4-12(5-8-14)6-9-17-21-16(18(23)22-17)11-13-2-1-3-15(20)10-13/h1-5,7-8,10-11H,6,9H2,(H,21,22,23)/b16-11+. The van der Waals surface area contributed by atoms with E-state index in [1.165, 1.54) is 24.3 Å². The fourth-order valence-corrected chi connectivity index (χ4v) is 2.30. The maximum atomic E-state index is 13.2. The van der Waals surface area contributed by atoms with Crippen molar-refractivity contribution in [2.75, 3.05) is 0 Å². The molecule has 1 amide bonds. The molecule has 0 aliphatic carbocycles. The number of aliphatic imine (C=N–C) groups is 1. The lowest BCUT2D eigenvalue weighted by Gasteiger charge is -2.01. The summed E-state index contributed by atoms with van der Waals surface area (Å²) in [5.41, 5.74) is 1.80. The monoisotopic (exact) mass is 312 g/mol. The third-order valence-electron chi connectivity index (χ3n) is 3.46. The van der Waals surface area contributed by atoms with Crippen molar-refractivity contribution >= 4 is 17.8 Å². The second-order valence-corrected chi connectivity index (χ2v) is 5.22. The Hall–Kier alpha value is -2.82. The number of benzene rings is 2. The molecule has 1 aliphatic heterocycles. The highest BCUT2D eigenvalue weighted by molar-refractivity contribution is 6.14. The average molecular weight is 312 g/mol. The maximum absolute atomic E-state index is 13.2. The van der Waals surface area contributed by atoms with E-state index in [0.717, 1.165) is 5.56 Å². The summed E-state index contributed by atoms with van der Waals surface area (Å²) in [6, 6.07) is 12.2. The third kappa shape index (κ3) is 3.88. The molecule has 116 valence electrons. The molecule has 0 spiro atoms. The number of halogens is 2. The summed E-state index contributed by atoms with van der Waals surface area (Å²) in [6.45, 7) is 0. The SMILES string of the molecule is O=C1NC(CCc2ccc(F)cc2)=N/C1=C/c1cccc(F)c1. The van der Waals surface area contributed by atoms with Crippen molar-refractivity contribution in [3.8, 4) is 0 Å². The van der Waals surface area contributed by atoms with Gasteiger partial charge in [0.25, 0.3) is 5.91 Å². The van der Waals surface area contributed by atoms with E-state index in [1.54, 1.807) is 30.3 Å². The van der Waals surface area contributed by atoms with E-state index in [2.05, 4.69) is 10.3 Å². The van der Waals surface area contributed by atoms with Crippen molar-refractivity contribution in [1.82, 2.24) is 5.32 Å². The van der Waals surface area contributed by atoms with Gasteiger partial charge in [-0.15, -0.1) is 0 Å². The van der Waals surface area contributed by atoms with Gasteiger partial charge in [0.1, 0.15) is 23.2 Å². The predicted molar refractivity (Wildman–Crippen MR) is 84.7 cm³/mol. The number of carbonyl (C=O) groups is 1. The number of nitrogens with zero attached hydrogens (tertiary/aromatic N) is 1. The Morgan fingerprint density at radius 1 is 1.00 bits per heavy atom. The van der Waals surface area contributed by atoms with Crippen molar-refractivity contribution in [3.63, 3.8) is 0 Å². The number of amidine groups is 1. The van der Waals surface area contributed by atoms with Gasteiger partial charge in [0, 0.05) is 6.42 Å². The van der Waals surface area contributed by atoms with Gasteiger partial charge in [0.2, 0.25) is 0 Å². The summed E-state index contributed by atoms with van der Waals surface area (Å²) >= 11 is 0. The molecule has 0 aromatic heterocycles. The van der Waals surface area contributed by atoms with Crippen LogP contribution in [0.25, 0.3) is 6.08 Å². The Bertz CT molecular complexity index is 795. The van der Waals surface area contributed by atoms with Gasteiger partial charge in [-0.2, -0.15) is 0 Å². The number of hydrogen-bond acceptors (Lipinski definition) is 2. The minimum atomic E-state index is -0.363. The first-order valence-electron chi connectivity index (χ1n) is 7.21. The number of amides is 1. The van der Waals surface area contributed by atoms with Crippen LogP contribution in [0.3, 0.4) is 0 Å². The number of carbonyl (C=O) groups excluding carboxylic acids is 1. The van der Waals surface area contributed by atoms with Crippen LogP contribution in [-0.2, 0) is 11.2 Å². The molecule has 0 radical (unpaired) electrons. The average Bonchev–Trinajstić information content (AvgIpc) is 2.87. The van der Waals surface area contributed by atoms with Gasteiger partial charge in [0.15, 0.2) is 0 Å². The molecule has 0 saturated heterocycles. The van der Waals surface area contributed by atoms with Crippen LogP contribution < -0.4 is 5.32 Å². The van der Waals surface area contributed by atoms with Gasteiger partial charge in [-0.3, -0.25) is 4.79 Å². The van der Waals surface area contributed by atoms with Crippen LogP contribution >= 0.6 is 0 Å². The molecule has 0 bridgehead atoms. The molecule has 5 heteroatoms. The summed E-state index contributed by atoms with van der Waals surface area (Å²) in [5, 5.41) is 2.70. The molecule has 1 N–H and O–H groups in total. The number of nitrogens with one attached hydrogen (secondary N) is 1. The van der Waals surface area contributed by atoms with Crippen LogP contribution in [0.15, 0.2) is 59.2 Å². The molecular weight excluding hydrogens is 298 g/mol. The first kappa shape index (κ1) is 15.1. The van der Waals surface area contributed by atoms with Crippen LogP contribution in [0.1, 0.15) is 17.5 Å². The molecule has 0 saturated carbocycles. The first-order valence-corrected chi connectivity index (χ1v) is 7.21. The Kier molecular flexibility index (Phi) is 4.28. The molecule has 0 fully saturated rings. The van der Waals surface area contributed by atoms with Gasteiger partial charge in [-0.25, -0.2) is 13.8 Å². The molecule has 0 unspecified atom stereocenters. The lowest BCUT2D eigenvalue weighted by molar-refractivity contribution is -0.115. The zero-order valence-electron chi connectivity index (χ0n) is 12.2. The van der Waals surface area contributed by atoms with Crippen molar-refractivity contribution in [2.24, 2.45) is 4.99 Å². The second kappa shape index (κ2) is 6.52. The molecule has 0 atom stereocenters. The van der Waals surface area contributed by atoms with Crippen LogP contribution in [0.2, 0.25) is 0 Å². The van der Waals surface area contributed by atoms with E-state index in [4.69, 9.17) is 0 Å². The fourth-order valence-electron chi connectivity index (χ4n) is 2.30. The zero-order chi connectivity index (χ0) is 16.2. The maximum Gasteiger partial charge on any atom is 0.275 e. The molecule has 23 heavy (non-hydrogen) atoms. The molecule has 2 aromatic rings. The van der Waals surface area contributed by atoms with Gasteiger partial charge in [0.05, 0.1) is 0 Å². The Morgan fingerprint density at radius 3 is 2.52 bits per heavy atom. The molecule has 1 aliphatic rings. The normalized spacial score (nSPS) is 15.7. The molecule has 2 aromatic carbocycles. The highest BCUT2D eigenvalue weighted by Crippen LogP contribution is 2.15. The van der Waals surface area contributed by atoms with Crippen molar-refractivity contribution in [3.05, 3.63) is 77.0 Å². The Balaban J connectivity index is 1.70. The minimum Gasteiger partial charge on any atom is -0.309 e. The quantitative estimate of drug-likeness (QED) is 0.863. The van der Waals surface area contributed by atoms with E-state index in [-0.39, 0.29) is 23.2 Å². The lowest BCUT2D eigenvalue weighted by atomic mass is 10.1. The van der Waals surface area contributed by atoms with Gasteiger partial charge in [-0.05, 0) is 47.9 Å². The summed E-state index contributed by atoms with van der Waals surface area (Å²) in [6.07, 6.45) is 2.73. The minimum absolute atomic E-state index is 0.254. The van der Waals surface area contributed by atoms with Crippen LogP contribution in [-0.4, -0.2) is 11.7 Å². The summed E-state index contributed by atoms with van der Waals surface area (Å²) in [4.78, 5) is 16.1. The Labute approximate surface area is 132 Å². The van der Waals surface area contributed by atoms with Gasteiger partial charge < -0.3 is 5.32 Å². The van der Waals surface area contributed by atoms with Crippen molar-refractivity contribution < 1.29 is 13.6 Å². The smallest absolute Gasteiger partial charge is 0.275 e. The number of hydrogen-bond donors (Lipinski definition) is 1. The van der Waals surface area contributed by atoms with Crippen LogP contribution in [0.4, 0.5) is 8.78 Å². The fraction of sp³-hybridized carbons (Fsp3) is 0.111. The zero-order valence-corrected chi connectivity index (χ0v) is 12.2. The second-order valence-electron chi connectivity index (χ2n) is 5.22. The highest BCUT2D eigenvalue weighted by Gasteiger charge is 2.19. The van der Waals surface area contributed by atoms with E-state index in [1.807, 2.05) is 0 Å². The van der Waals surface area contributed by atoms with E-state index in [9.17, 15) is 13.6 Å². The van der Waals surface area contributed by atoms with Crippen molar-refractivity contribution in [2.45, 2.75) is 12.8 Å². The Morgan fingerprint density at radius 2 is 1.78 bits per heavy atom. The highest BCUT2D eigenvalue weighted by atomic mass is 19.1. The largest absolute Gasteiger partial charge is 0.309 e. The van der Waals surface area contributed by atoms with E-state index < -0.39 is 0 Å². The molecular formula is C18H14F2N2O. The first-order chi connectivity index (χ1) is 11.1. The molecule has 3 rings (SSSR count). The summed E-state index contributed by atoms with van der Waals surface area (Å²) < 4.78 is 26.0. The van der Waals surface area contributed by atoms with Gasteiger partial charge in [-0.1, -0.05) is 24.3 Å². The number of rotatable bonds is 4. The molecule has 1 heterocycles. The predicted octanol–water partition coefficient (Wildman–Crippen LogP) is 3.47. The van der Waals surface area contributed by atoms with Crippen LogP contribution in [0, 0.1) is 11.6 Å². The summed E-state index contributed by atoms with van der Waals surface area (Å²) in [7, 11) is 0. The number of aryl methyl sites for hydroxylation is 1. The van der Waals surface area contributed by atoms with Crippen LogP contribution in [0.5, 0.6) is 0 Å². The van der Waals surface area contributed by atoms with E-state index in [0.29, 0.717) is 24.2 Å². The van der Waals surface area contributed by atoms with Crippen molar-refractivity contribution in [1.29, 1.82) is 0 Å². The molecule has 3 nitrogen and oxygen atoms in total. The third-order valence-corrected chi connectivity index (χ3v) is 3.46. The topological polar surface area (TPSA) is 41.5 Å². The lowest BCUT2D eigenvalue weighted by Crippen LogP contribution is -2.24. The van der Waals surface area contributed by atoms with E-state index >= 15 is 0 Å². The summed E-state index contributed by atoms with van der Waals surface area (Å²) in [5.74, 6) is -0.385.